The monoisotopic (exact) mass is 447 g/mol. The van der Waals surface area contributed by atoms with Gasteiger partial charge in [-0.15, -0.1) is 0 Å². The first-order valence-corrected chi connectivity index (χ1v) is 12.3. The lowest BCUT2D eigenvalue weighted by Crippen LogP contribution is -2.48. The van der Waals surface area contributed by atoms with E-state index in [9.17, 15) is 13.2 Å². The van der Waals surface area contributed by atoms with E-state index in [1.54, 1.807) is 28.6 Å². The second-order valence-electron chi connectivity index (χ2n) is 7.82. The Kier molecular flexibility index (Phi) is 6.32. The molecular formula is C22H26ClN3O3S. The molecule has 2 heterocycles. The van der Waals surface area contributed by atoms with E-state index in [-0.39, 0.29) is 11.7 Å². The number of anilines is 1. The Balaban J connectivity index is 1.35. The molecule has 6 nitrogen and oxygen atoms in total. The normalized spacial score (nSPS) is 18.0. The molecule has 4 rings (SSSR count). The van der Waals surface area contributed by atoms with E-state index in [4.69, 9.17) is 11.6 Å². The molecule has 0 N–H and O–H groups in total. The van der Waals surface area contributed by atoms with Gasteiger partial charge in [0, 0.05) is 55.5 Å². The van der Waals surface area contributed by atoms with E-state index in [2.05, 4.69) is 4.90 Å². The van der Waals surface area contributed by atoms with Gasteiger partial charge in [-0.1, -0.05) is 29.8 Å². The highest BCUT2D eigenvalue weighted by molar-refractivity contribution is 7.88. The van der Waals surface area contributed by atoms with E-state index in [1.807, 2.05) is 29.2 Å². The number of piperazine rings is 1. The van der Waals surface area contributed by atoms with E-state index in [0.29, 0.717) is 42.3 Å². The van der Waals surface area contributed by atoms with Gasteiger partial charge in [-0.2, -0.15) is 0 Å². The predicted octanol–water partition coefficient (Wildman–Crippen LogP) is 3.23. The number of carbonyl (C=O) groups is 1. The molecule has 1 amide bonds. The summed E-state index contributed by atoms with van der Waals surface area (Å²) in [5.74, 6) is -0.0329. The predicted molar refractivity (Wildman–Crippen MR) is 119 cm³/mol. The molecule has 2 aromatic rings. The Bertz CT molecular complexity index is 997. The zero-order chi connectivity index (χ0) is 21.1. The van der Waals surface area contributed by atoms with Gasteiger partial charge in [-0.3, -0.25) is 4.79 Å². The van der Waals surface area contributed by atoms with Crippen molar-refractivity contribution < 1.29 is 13.2 Å². The van der Waals surface area contributed by atoms with Gasteiger partial charge in [0.05, 0.1) is 5.75 Å². The van der Waals surface area contributed by atoms with Gasteiger partial charge in [0.1, 0.15) is 0 Å². The number of benzene rings is 2. The summed E-state index contributed by atoms with van der Waals surface area (Å²) in [4.78, 5) is 16.9. The standard InChI is InChI=1S/C22H26ClN3O3S/c23-20-4-3-5-21(16-20)24-12-14-25(15-13-24)22(27)19-8-6-18(7-9-19)17-30(28,29)26-10-1-2-11-26/h3-9,16H,1-2,10-15,17H2. The first-order chi connectivity index (χ1) is 14.4. The van der Waals surface area contributed by atoms with Crippen molar-refractivity contribution in [2.75, 3.05) is 44.2 Å². The molecule has 2 saturated heterocycles. The van der Waals surface area contributed by atoms with Crippen LogP contribution in [0.2, 0.25) is 5.02 Å². The fourth-order valence-electron chi connectivity index (χ4n) is 4.03. The first kappa shape index (κ1) is 21.2. The summed E-state index contributed by atoms with van der Waals surface area (Å²) in [6.07, 6.45) is 1.86. The highest BCUT2D eigenvalue weighted by Gasteiger charge is 2.26. The number of hydrogen-bond donors (Lipinski definition) is 0. The van der Waals surface area contributed by atoms with Crippen molar-refractivity contribution in [2.45, 2.75) is 18.6 Å². The van der Waals surface area contributed by atoms with Crippen LogP contribution in [0.25, 0.3) is 0 Å². The summed E-state index contributed by atoms with van der Waals surface area (Å²) in [6.45, 7) is 3.99. The van der Waals surface area contributed by atoms with Crippen molar-refractivity contribution in [3.05, 3.63) is 64.7 Å². The van der Waals surface area contributed by atoms with Gasteiger partial charge in [-0.05, 0) is 48.7 Å². The maximum absolute atomic E-state index is 12.9. The SMILES string of the molecule is O=C(c1ccc(CS(=O)(=O)N2CCCC2)cc1)N1CCN(c2cccc(Cl)c2)CC1. The van der Waals surface area contributed by atoms with Crippen LogP contribution in [0.15, 0.2) is 48.5 Å². The van der Waals surface area contributed by atoms with Crippen molar-refractivity contribution in [3.63, 3.8) is 0 Å². The highest BCUT2D eigenvalue weighted by Crippen LogP contribution is 2.22. The zero-order valence-electron chi connectivity index (χ0n) is 16.8. The van der Waals surface area contributed by atoms with Gasteiger partial charge >= 0.3 is 0 Å². The van der Waals surface area contributed by atoms with Crippen LogP contribution in [0.5, 0.6) is 0 Å². The topological polar surface area (TPSA) is 60.9 Å². The lowest BCUT2D eigenvalue weighted by Gasteiger charge is -2.36. The summed E-state index contributed by atoms with van der Waals surface area (Å²) >= 11 is 6.08. The lowest BCUT2D eigenvalue weighted by molar-refractivity contribution is 0.0747. The first-order valence-electron chi connectivity index (χ1n) is 10.3. The number of halogens is 1. The Morgan fingerprint density at radius 3 is 2.20 bits per heavy atom. The molecular weight excluding hydrogens is 422 g/mol. The summed E-state index contributed by atoms with van der Waals surface area (Å²) in [5.41, 5.74) is 2.37. The second kappa shape index (κ2) is 8.96. The summed E-state index contributed by atoms with van der Waals surface area (Å²) in [7, 11) is -3.28. The maximum atomic E-state index is 12.9. The minimum Gasteiger partial charge on any atom is -0.368 e. The van der Waals surface area contributed by atoms with Gasteiger partial charge in [-0.25, -0.2) is 12.7 Å². The van der Waals surface area contributed by atoms with Crippen LogP contribution in [0.1, 0.15) is 28.8 Å². The molecule has 0 saturated carbocycles. The minimum absolute atomic E-state index is 0.0141. The Morgan fingerprint density at radius 2 is 1.57 bits per heavy atom. The average Bonchev–Trinajstić information content (AvgIpc) is 3.30. The molecule has 0 spiro atoms. The fourth-order valence-corrected chi connectivity index (χ4v) is 5.83. The quantitative estimate of drug-likeness (QED) is 0.706. The molecule has 2 aliphatic heterocycles. The fraction of sp³-hybridized carbons (Fsp3) is 0.409. The molecule has 0 aliphatic carbocycles. The molecule has 30 heavy (non-hydrogen) atoms. The van der Waals surface area contributed by atoms with Gasteiger partial charge < -0.3 is 9.80 Å². The molecule has 0 unspecified atom stereocenters. The van der Waals surface area contributed by atoms with Crippen LogP contribution >= 0.6 is 11.6 Å². The molecule has 2 aromatic carbocycles. The molecule has 2 aliphatic rings. The third-order valence-corrected chi connectivity index (χ3v) is 7.83. The number of nitrogens with zero attached hydrogens (tertiary/aromatic N) is 3. The van der Waals surface area contributed by atoms with Crippen molar-refractivity contribution in [1.29, 1.82) is 0 Å². The van der Waals surface area contributed by atoms with Crippen LogP contribution < -0.4 is 4.90 Å². The molecule has 0 atom stereocenters. The Labute approximate surface area is 183 Å². The second-order valence-corrected chi connectivity index (χ2v) is 10.2. The molecule has 0 aromatic heterocycles. The van der Waals surface area contributed by atoms with E-state index in [0.717, 1.165) is 31.6 Å². The number of rotatable bonds is 5. The summed E-state index contributed by atoms with van der Waals surface area (Å²) in [5, 5.41) is 0.706. The van der Waals surface area contributed by atoms with Crippen molar-refractivity contribution in [3.8, 4) is 0 Å². The van der Waals surface area contributed by atoms with Crippen LogP contribution in [0.4, 0.5) is 5.69 Å². The molecule has 0 bridgehead atoms. The minimum atomic E-state index is -3.28. The van der Waals surface area contributed by atoms with E-state index >= 15 is 0 Å². The van der Waals surface area contributed by atoms with Crippen LogP contribution in [0, 0.1) is 0 Å². The smallest absolute Gasteiger partial charge is 0.253 e. The number of sulfonamides is 1. The molecule has 8 heteroatoms. The third-order valence-electron chi connectivity index (χ3n) is 5.75. The number of hydrogen-bond acceptors (Lipinski definition) is 4. The molecule has 2 fully saturated rings. The molecule has 0 radical (unpaired) electrons. The zero-order valence-corrected chi connectivity index (χ0v) is 18.4. The van der Waals surface area contributed by atoms with Gasteiger partial charge in [0.25, 0.3) is 5.91 Å². The van der Waals surface area contributed by atoms with Crippen molar-refractivity contribution in [1.82, 2.24) is 9.21 Å². The van der Waals surface area contributed by atoms with Crippen LogP contribution in [-0.4, -0.2) is 62.8 Å². The summed E-state index contributed by atoms with van der Waals surface area (Å²) < 4.78 is 26.5. The average molecular weight is 448 g/mol. The van der Waals surface area contributed by atoms with Crippen LogP contribution in [-0.2, 0) is 15.8 Å². The van der Waals surface area contributed by atoms with Gasteiger partial charge in [0.2, 0.25) is 10.0 Å². The largest absolute Gasteiger partial charge is 0.368 e. The summed E-state index contributed by atoms with van der Waals surface area (Å²) in [6, 6.07) is 14.7. The van der Waals surface area contributed by atoms with Gasteiger partial charge in [0.15, 0.2) is 0 Å². The van der Waals surface area contributed by atoms with Crippen LogP contribution in [0.3, 0.4) is 0 Å². The highest BCUT2D eigenvalue weighted by atomic mass is 35.5. The van der Waals surface area contributed by atoms with Crippen molar-refractivity contribution in [2.24, 2.45) is 0 Å². The van der Waals surface area contributed by atoms with E-state index < -0.39 is 10.0 Å². The number of amides is 1. The maximum Gasteiger partial charge on any atom is 0.253 e. The Hall–Kier alpha value is -2.09. The Morgan fingerprint density at radius 1 is 0.900 bits per heavy atom. The van der Waals surface area contributed by atoms with Crippen molar-refractivity contribution >= 4 is 33.2 Å². The number of carbonyl (C=O) groups excluding carboxylic acids is 1. The third kappa shape index (κ3) is 4.79. The molecule has 160 valence electrons. The van der Waals surface area contributed by atoms with E-state index in [1.165, 1.54) is 0 Å². The lowest BCUT2D eigenvalue weighted by atomic mass is 10.1.